The minimum atomic E-state index is -0.998. The second kappa shape index (κ2) is 7.97. The summed E-state index contributed by atoms with van der Waals surface area (Å²) in [5.41, 5.74) is 2.96. The zero-order chi connectivity index (χ0) is 16.8. The molecule has 1 aliphatic carbocycles. The van der Waals surface area contributed by atoms with E-state index < -0.39 is 12.1 Å². The van der Waals surface area contributed by atoms with E-state index in [4.69, 9.17) is 4.74 Å². The third-order valence-corrected chi connectivity index (χ3v) is 3.91. The number of rotatable bonds is 4. The topological polar surface area (TPSA) is 71.1 Å². The van der Waals surface area contributed by atoms with Gasteiger partial charge in [-0.3, -0.25) is 4.89 Å². The van der Waals surface area contributed by atoms with Crippen molar-refractivity contribution < 1.29 is 29.1 Å². The van der Waals surface area contributed by atoms with Gasteiger partial charge in [-0.15, -0.1) is 0 Å². The number of aryl methyl sites for hydroxylation is 3. The van der Waals surface area contributed by atoms with Crippen molar-refractivity contribution in [2.24, 2.45) is 0 Å². The lowest BCUT2D eigenvalue weighted by atomic mass is 9.98. The van der Waals surface area contributed by atoms with E-state index in [1.165, 1.54) is 0 Å². The van der Waals surface area contributed by atoms with Gasteiger partial charge >= 0.3 is 12.1 Å². The van der Waals surface area contributed by atoms with Crippen LogP contribution < -0.4 is 0 Å². The summed E-state index contributed by atoms with van der Waals surface area (Å²) in [6.07, 6.45) is 3.68. The summed E-state index contributed by atoms with van der Waals surface area (Å²) >= 11 is 0. The van der Waals surface area contributed by atoms with E-state index in [-0.39, 0.29) is 6.10 Å². The van der Waals surface area contributed by atoms with Gasteiger partial charge < -0.3 is 4.74 Å². The Kier molecular flexibility index (Phi) is 5.98. The number of hydrogen-bond acceptors (Lipinski definition) is 6. The summed E-state index contributed by atoms with van der Waals surface area (Å²) in [7, 11) is 0. The molecule has 6 heteroatoms. The summed E-state index contributed by atoms with van der Waals surface area (Å²) in [6.45, 7) is 5.54. The Morgan fingerprint density at radius 1 is 0.957 bits per heavy atom. The van der Waals surface area contributed by atoms with E-state index >= 15 is 0 Å². The van der Waals surface area contributed by atoms with Crippen molar-refractivity contribution in [1.82, 2.24) is 0 Å². The molecule has 1 fully saturated rings. The highest BCUT2D eigenvalue weighted by atomic mass is 17.5. The quantitative estimate of drug-likeness (QED) is 0.472. The van der Waals surface area contributed by atoms with Crippen molar-refractivity contribution in [1.29, 1.82) is 0 Å². The molecule has 0 saturated heterocycles. The largest absolute Gasteiger partial charge is 0.543 e. The molecule has 0 atom stereocenters. The molecular weight excluding hydrogens is 300 g/mol. The number of hydrogen-bond donors (Lipinski definition) is 0. The maximum Gasteiger partial charge on any atom is 0.543 e. The van der Waals surface area contributed by atoms with Crippen LogP contribution in [-0.4, -0.2) is 18.2 Å². The molecular formula is C17H22O6. The molecule has 0 N–H and O–H groups in total. The predicted octanol–water partition coefficient (Wildman–Crippen LogP) is 4.10. The molecule has 0 radical (unpaired) electrons. The Morgan fingerprint density at radius 3 is 2.17 bits per heavy atom. The van der Waals surface area contributed by atoms with E-state index in [2.05, 4.69) is 14.8 Å². The zero-order valence-electron chi connectivity index (χ0n) is 13.7. The fraction of sp³-hybridized carbons (Fsp3) is 0.529. The Bertz CT molecular complexity index is 551. The Labute approximate surface area is 135 Å². The molecule has 0 heterocycles. The highest BCUT2D eigenvalue weighted by Gasteiger charge is 2.21. The lowest BCUT2D eigenvalue weighted by Gasteiger charge is -2.20. The molecule has 2 rings (SSSR count). The maximum atomic E-state index is 12.0. The van der Waals surface area contributed by atoms with Gasteiger partial charge in [-0.25, -0.2) is 14.5 Å². The second-order valence-corrected chi connectivity index (χ2v) is 5.92. The minimum absolute atomic E-state index is 0.155. The smallest absolute Gasteiger partial charge is 0.429 e. The van der Waals surface area contributed by atoms with Gasteiger partial charge in [0.05, 0.1) is 10.6 Å². The number of benzene rings is 1. The zero-order valence-corrected chi connectivity index (χ0v) is 13.7. The van der Waals surface area contributed by atoms with Crippen molar-refractivity contribution >= 4 is 12.1 Å². The summed E-state index contributed by atoms with van der Waals surface area (Å²) in [5.74, 6) is -0.717. The molecule has 1 aromatic carbocycles. The average Bonchev–Trinajstić information content (AvgIpc) is 2.47. The van der Waals surface area contributed by atoms with Gasteiger partial charge in [-0.1, -0.05) is 24.1 Å². The first-order chi connectivity index (χ1) is 11.0. The number of ether oxygens (including phenoxy) is 1. The molecule has 0 bridgehead atoms. The van der Waals surface area contributed by atoms with E-state index in [1.807, 2.05) is 19.1 Å². The average molecular weight is 322 g/mol. The SMILES string of the molecule is Cc1cc(C)c(C(=O)OOOC(=O)OC2CCCCC2)c(C)c1. The molecule has 0 spiro atoms. The number of carbonyl (C=O) groups excluding carboxylic acids is 2. The Morgan fingerprint density at radius 2 is 1.57 bits per heavy atom. The lowest BCUT2D eigenvalue weighted by molar-refractivity contribution is -0.453. The van der Waals surface area contributed by atoms with Crippen molar-refractivity contribution in [2.45, 2.75) is 59.0 Å². The first-order valence-electron chi connectivity index (χ1n) is 7.81. The Balaban J connectivity index is 1.79. The molecule has 6 nitrogen and oxygen atoms in total. The molecule has 0 unspecified atom stereocenters. The Hall–Kier alpha value is -2.08. The van der Waals surface area contributed by atoms with Crippen LogP contribution in [-0.2, 0) is 19.6 Å². The van der Waals surface area contributed by atoms with Gasteiger partial charge in [-0.05, 0) is 57.6 Å². The third-order valence-electron chi connectivity index (χ3n) is 3.91. The molecule has 1 aliphatic rings. The van der Waals surface area contributed by atoms with Gasteiger partial charge in [0.2, 0.25) is 0 Å². The van der Waals surface area contributed by atoms with Crippen LogP contribution in [0, 0.1) is 20.8 Å². The van der Waals surface area contributed by atoms with Crippen molar-refractivity contribution in [3.05, 3.63) is 34.4 Å². The lowest BCUT2D eigenvalue weighted by Crippen LogP contribution is -2.22. The van der Waals surface area contributed by atoms with Crippen LogP contribution in [0.15, 0.2) is 12.1 Å². The highest BCUT2D eigenvalue weighted by molar-refractivity contribution is 5.92. The van der Waals surface area contributed by atoms with Crippen molar-refractivity contribution in [3.8, 4) is 0 Å². The summed E-state index contributed by atoms with van der Waals surface area (Å²) in [4.78, 5) is 32.3. The van der Waals surface area contributed by atoms with E-state index in [1.54, 1.807) is 13.8 Å². The fourth-order valence-electron chi connectivity index (χ4n) is 2.96. The van der Waals surface area contributed by atoms with Gasteiger partial charge in [0.1, 0.15) is 6.10 Å². The van der Waals surface area contributed by atoms with Gasteiger partial charge in [0.25, 0.3) is 0 Å². The maximum absolute atomic E-state index is 12.0. The fourth-order valence-corrected chi connectivity index (χ4v) is 2.96. The predicted molar refractivity (Wildman–Crippen MR) is 81.6 cm³/mol. The van der Waals surface area contributed by atoms with Crippen molar-refractivity contribution in [3.63, 3.8) is 0 Å². The summed E-state index contributed by atoms with van der Waals surface area (Å²) in [6, 6.07) is 3.73. The summed E-state index contributed by atoms with van der Waals surface area (Å²) < 4.78 is 5.06. The molecule has 1 saturated carbocycles. The van der Waals surface area contributed by atoms with Crippen LogP contribution in [0.5, 0.6) is 0 Å². The van der Waals surface area contributed by atoms with Gasteiger partial charge in [-0.2, -0.15) is 0 Å². The first-order valence-corrected chi connectivity index (χ1v) is 7.81. The van der Waals surface area contributed by atoms with Crippen LogP contribution in [0.4, 0.5) is 4.79 Å². The van der Waals surface area contributed by atoms with E-state index in [0.29, 0.717) is 5.56 Å². The van der Waals surface area contributed by atoms with Crippen LogP contribution in [0.1, 0.15) is 59.2 Å². The van der Waals surface area contributed by atoms with Gasteiger partial charge in [0.15, 0.2) is 0 Å². The second-order valence-electron chi connectivity index (χ2n) is 5.92. The molecule has 0 amide bonds. The van der Waals surface area contributed by atoms with Crippen LogP contribution in [0.25, 0.3) is 0 Å². The molecule has 0 aliphatic heterocycles. The van der Waals surface area contributed by atoms with E-state index in [0.717, 1.165) is 48.8 Å². The molecule has 0 aromatic heterocycles. The normalized spacial score (nSPS) is 15.1. The van der Waals surface area contributed by atoms with Crippen LogP contribution >= 0.6 is 0 Å². The molecule has 126 valence electrons. The van der Waals surface area contributed by atoms with Crippen molar-refractivity contribution in [2.75, 3.05) is 0 Å². The summed E-state index contributed by atoms with van der Waals surface area (Å²) in [5, 5.41) is 4.27. The first kappa shape index (κ1) is 17.3. The highest BCUT2D eigenvalue weighted by Crippen LogP contribution is 2.21. The monoisotopic (exact) mass is 322 g/mol. The minimum Gasteiger partial charge on any atom is -0.429 e. The number of carbonyl (C=O) groups is 2. The third kappa shape index (κ3) is 4.96. The van der Waals surface area contributed by atoms with Crippen LogP contribution in [0.2, 0.25) is 0 Å². The van der Waals surface area contributed by atoms with Crippen LogP contribution in [0.3, 0.4) is 0 Å². The standard InChI is InChI=1S/C17H22O6/c1-11-9-12(2)15(13(3)10-11)16(18)21-23-22-17(19)20-14-7-5-4-6-8-14/h9-10,14H,4-8H2,1-3H3. The molecule has 1 aromatic rings. The van der Waals surface area contributed by atoms with Gasteiger partial charge in [0, 0.05) is 0 Å². The van der Waals surface area contributed by atoms with E-state index in [9.17, 15) is 9.59 Å². The molecule has 23 heavy (non-hydrogen) atoms.